The summed E-state index contributed by atoms with van der Waals surface area (Å²) in [4.78, 5) is 11.9. The number of allylic oxidation sites excluding steroid dienone is 2. The number of rotatable bonds is 11. The highest BCUT2D eigenvalue weighted by Crippen LogP contribution is 2.36. The number of unbranched alkanes of at least 4 members (excludes halogenated alkanes) is 1. The monoisotopic (exact) mass is 549 g/mol. The van der Waals surface area contributed by atoms with Crippen molar-refractivity contribution >= 4 is 49.1 Å². The summed E-state index contributed by atoms with van der Waals surface area (Å²) in [5.41, 5.74) is 5.12. The molecule has 8 heteroatoms. The summed E-state index contributed by atoms with van der Waals surface area (Å²) in [5, 5.41) is 30.9. The number of hydrogen-bond acceptors (Lipinski definition) is 5. The van der Waals surface area contributed by atoms with Crippen LogP contribution in [-0.4, -0.2) is 39.5 Å². The first-order valence-electron chi connectivity index (χ1n) is 9.87. The van der Waals surface area contributed by atoms with E-state index in [1.807, 2.05) is 24.3 Å². The first-order chi connectivity index (χ1) is 13.8. The van der Waals surface area contributed by atoms with E-state index in [0.29, 0.717) is 32.1 Å². The third-order valence-corrected chi connectivity index (χ3v) is 7.90. The molecule has 2 rings (SSSR count). The van der Waals surface area contributed by atoms with Gasteiger partial charge in [0.2, 0.25) is 5.91 Å². The molecule has 29 heavy (non-hydrogen) atoms. The van der Waals surface area contributed by atoms with Gasteiger partial charge in [-0.3, -0.25) is 4.79 Å². The number of halogens is 2. The molecule has 0 bridgehead atoms. The Balaban J connectivity index is 1.84. The van der Waals surface area contributed by atoms with Crippen LogP contribution in [0, 0.1) is 11.8 Å². The van der Waals surface area contributed by atoms with Crippen LogP contribution in [0.1, 0.15) is 43.4 Å². The molecule has 5 nitrogen and oxygen atoms in total. The number of aliphatic hydroxyl groups is 3. The van der Waals surface area contributed by atoms with Crippen molar-refractivity contribution in [2.45, 2.75) is 63.3 Å². The number of nitrogens with two attached hydrogens (primary N) is 1. The van der Waals surface area contributed by atoms with Gasteiger partial charge in [-0.25, -0.2) is 0 Å². The summed E-state index contributed by atoms with van der Waals surface area (Å²) in [7, 11) is 0. The van der Waals surface area contributed by atoms with Crippen molar-refractivity contribution in [2.24, 2.45) is 17.6 Å². The molecule has 1 aromatic heterocycles. The number of primary amides is 1. The molecule has 0 radical (unpaired) electrons. The molecule has 5 atom stereocenters. The summed E-state index contributed by atoms with van der Waals surface area (Å²) in [6.07, 6.45) is 10.0. The van der Waals surface area contributed by atoms with Crippen LogP contribution in [0.15, 0.2) is 38.6 Å². The maximum absolute atomic E-state index is 10.7. The van der Waals surface area contributed by atoms with Crippen molar-refractivity contribution in [3.8, 4) is 0 Å². The van der Waals surface area contributed by atoms with Crippen molar-refractivity contribution in [1.82, 2.24) is 0 Å². The molecule has 1 amide bonds. The summed E-state index contributed by atoms with van der Waals surface area (Å²) in [6.45, 7) is 0. The molecule has 5 N–H and O–H groups in total. The van der Waals surface area contributed by atoms with Crippen molar-refractivity contribution in [3.05, 3.63) is 43.5 Å². The molecule has 1 aliphatic rings. The van der Waals surface area contributed by atoms with Crippen molar-refractivity contribution < 1.29 is 20.1 Å². The number of aliphatic hydroxyl groups excluding tert-OH is 3. The van der Waals surface area contributed by atoms with E-state index in [9.17, 15) is 20.1 Å². The van der Waals surface area contributed by atoms with Crippen LogP contribution in [0.25, 0.3) is 0 Å². The fraction of sp³-hybridized carbons (Fsp3) is 0.571. The number of carbonyl (C=O) groups is 1. The lowest BCUT2D eigenvalue weighted by Gasteiger charge is -2.19. The summed E-state index contributed by atoms with van der Waals surface area (Å²) < 4.78 is 2.10. The lowest BCUT2D eigenvalue weighted by molar-refractivity contribution is -0.118. The van der Waals surface area contributed by atoms with Gasteiger partial charge in [0, 0.05) is 28.1 Å². The van der Waals surface area contributed by atoms with Gasteiger partial charge in [0.15, 0.2) is 0 Å². The van der Waals surface area contributed by atoms with Gasteiger partial charge in [-0.15, -0.1) is 11.3 Å². The molecule has 1 saturated carbocycles. The number of hydrogen-bond donors (Lipinski definition) is 4. The molecule has 1 fully saturated rings. The van der Waals surface area contributed by atoms with E-state index in [1.54, 1.807) is 17.4 Å². The lowest BCUT2D eigenvalue weighted by Crippen LogP contribution is -2.20. The second-order valence-corrected chi connectivity index (χ2v) is 10.9. The van der Waals surface area contributed by atoms with Crippen LogP contribution in [-0.2, 0) is 11.2 Å². The van der Waals surface area contributed by atoms with Gasteiger partial charge >= 0.3 is 0 Å². The normalized spacial score (nSPS) is 26.0. The standard InChI is InChI=1S/C21H29Br2NO4S/c22-16-11-20(23)29-19(16)10-8-13(25)7-9-15-14(17(26)12-18(15)27)5-3-1-2-4-6-21(24)28/h1,3,7,9,11,13-15,17-18,25-27H,2,4-6,8,10,12H2,(H2,24,28)/b3-1-,9-7+/t13?,14-,15-,17?,18?/m1/s1. The third-order valence-electron chi connectivity index (χ3n) is 5.23. The minimum Gasteiger partial charge on any atom is -0.393 e. The number of carbonyl (C=O) groups excluding carboxylic acids is 1. The van der Waals surface area contributed by atoms with Crippen LogP contribution in [0.5, 0.6) is 0 Å². The van der Waals surface area contributed by atoms with E-state index in [2.05, 4.69) is 31.9 Å². The Morgan fingerprint density at radius 2 is 2.07 bits per heavy atom. The number of aryl methyl sites for hydroxylation is 1. The summed E-state index contributed by atoms with van der Waals surface area (Å²) in [5.74, 6) is -0.559. The van der Waals surface area contributed by atoms with E-state index < -0.39 is 18.3 Å². The van der Waals surface area contributed by atoms with Crippen LogP contribution in [0.4, 0.5) is 0 Å². The predicted molar refractivity (Wildman–Crippen MR) is 124 cm³/mol. The van der Waals surface area contributed by atoms with Crippen LogP contribution in [0.3, 0.4) is 0 Å². The maximum atomic E-state index is 10.7. The predicted octanol–water partition coefficient (Wildman–Crippen LogP) is 4.08. The Morgan fingerprint density at radius 1 is 1.31 bits per heavy atom. The Bertz CT molecular complexity index is 722. The molecule has 0 aromatic carbocycles. The second kappa shape index (κ2) is 12.4. The maximum Gasteiger partial charge on any atom is 0.217 e. The number of amides is 1. The average Bonchev–Trinajstić information content (AvgIpc) is 3.11. The average molecular weight is 551 g/mol. The van der Waals surface area contributed by atoms with Gasteiger partial charge in [-0.2, -0.15) is 0 Å². The van der Waals surface area contributed by atoms with Crippen LogP contribution in [0.2, 0.25) is 0 Å². The van der Waals surface area contributed by atoms with Crippen LogP contribution < -0.4 is 5.73 Å². The van der Waals surface area contributed by atoms with E-state index in [0.717, 1.165) is 21.1 Å². The first kappa shape index (κ1) is 24.8. The molecule has 0 saturated heterocycles. The van der Waals surface area contributed by atoms with Gasteiger partial charge in [0.1, 0.15) is 0 Å². The van der Waals surface area contributed by atoms with Gasteiger partial charge in [0.25, 0.3) is 0 Å². The largest absolute Gasteiger partial charge is 0.393 e. The highest BCUT2D eigenvalue weighted by Gasteiger charge is 2.39. The van der Waals surface area contributed by atoms with E-state index in [1.165, 1.54) is 4.88 Å². The molecule has 0 spiro atoms. The van der Waals surface area contributed by atoms with Gasteiger partial charge in [0.05, 0.1) is 22.1 Å². The molecule has 162 valence electrons. The molecule has 0 aliphatic heterocycles. The quantitative estimate of drug-likeness (QED) is 0.246. The van der Waals surface area contributed by atoms with Crippen molar-refractivity contribution in [3.63, 3.8) is 0 Å². The van der Waals surface area contributed by atoms with E-state index in [4.69, 9.17) is 5.73 Å². The summed E-state index contributed by atoms with van der Waals surface area (Å²) >= 11 is 8.62. The summed E-state index contributed by atoms with van der Waals surface area (Å²) in [6, 6.07) is 2.00. The second-order valence-electron chi connectivity index (χ2n) is 7.49. The Labute approximate surface area is 193 Å². The molecular weight excluding hydrogens is 522 g/mol. The fourth-order valence-corrected chi connectivity index (χ4v) is 6.38. The zero-order valence-corrected chi connectivity index (χ0v) is 20.2. The zero-order valence-electron chi connectivity index (χ0n) is 16.2. The Morgan fingerprint density at radius 3 is 2.72 bits per heavy atom. The Kier molecular flexibility index (Phi) is 10.6. The highest BCUT2D eigenvalue weighted by molar-refractivity contribution is 9.11. The first-order valence-corrected chi connectivity index (χ1v) is 12.3. The van der Waals surface area contributed by atoms with Gasteiger partial charge in [-0.05, 0) is 75.9 Å². The van der Waals surface area contributed by atoms with E-state index >= 15 is 0 Å². The van der Waals surface area contributed by atoms with Crippen molar-refractivity contribution in [2.75, 3.05) is 0 Å². The van der Waals surface area contributed by atoms with Crippen LogP contribution >= 0.6 is 43.2 Å². The zero-order chi connectivity index (χ0) is 21.4. The minimum absolute atomic E-state index is 0.0803. The van der Waals surface area contributed by atoms with Gasteiger partial charge < -0.3 is 21.1 Å². The Hall–Kier alpha value is -0.510. The SMILES string of the molecule is NC(=O)CCC/C=C\C[C@H]1C(O)CC(O)[C@@H]1/C=C/C(O)CCc1sc(Br)cc1Br. The topological polar surface area (TPSA) is 104 Å². The van der Waals surface area contributed by atoms with Gasteiger partial charge in [-0.1, -0.05) is 24.3 Å². The lowest BCUT2D eigenvalue weighted by atomic mass is 9.89. The van der Waals surface area contributed by atoms with E-state index in [-0.39, 0.29) is 17.7 Å². The van der Waals surface area contributed by atoms with Crippen molar-refractivity contribution in [1.29, 1.82) is 0 Å². The fourth-order valence-electron chi connectivity index (χ4n) is 3.65. The molecule has 1 heterocycles. The highest BCUT2D eigenvalue weighted by atomic mass is 79.9. The molecule has 1 aliphatic carbocycles. The number of thiophene rings is 1. The smallest absolute Gasteiger partial charge is 0.217 e. The molecule has 3 unspecified atom stereocenters. The third kappa shape index (κ3) is 8.26. The minimum atomic E-state index is -0.607. The molecule has 1 aromatic rings. The molecular formula is C21H29Br2NO4S.